The second kappa shape index (κ2) is 6.65. The van der Waals surface area contributed by atoms with Gasteiger partial charge in [-0.3, -0.25) is 0 Å². The number of nitrogens with zero attached hydrogens (tertiary/aromatic N) is 2. The summed E-state index contributed by atoms with van der Waals surface area (Å²) in [7, 11) is 0. The maximum absolute atomic E-state index is 12.8. The molecule has 0 bridgehead atoms. The number of aliphatic hydroxyl groups is 2. The van der Waals surface area contributed by atoms with Crippen LogP contribution in [0.4, 0.5) is 4.39 Å². The molecule has 1 heterocycles. The normalized spacial score (nSPS) is 12.6. The molecule has 0 spiro atoms. The molecule has 19 heavy (non-hydrogen) atoms. The maximum Gasteiger partial charge on any atom is 0.236 e. The molecule has 0 fully saturated rings. The molecule has 0 saturated carbocycles. The van der Waals surface area contributed by atoms with E-state index in [1.807, 2.05) is 0 Å². The van der Waals surface area contributed by atoms with Crippen molar-refractivity contribution in [3.63, 3.8) is 0 Å². The average Bonchev–Trinajstić information content (AvgIpc) is 2.88. The molecule has 0 aliphatic carbocycles. The van der Waals surface area contributed by atoms with Crippen LogP contribution in [-0.2, 0) is 5.75 Å². The van der Waals surface area contributed by atoms with E-state index in [0.717, 1.165) is 0 Å². The summed E-state index contributed by atoms with van der Waals surface area (Å²) in [6.45, 7) is -0.266. The summed E-state index contributed by atoms with van der Waals surface area (Å²) < 4.78 is 17.8. The second-order valence-electron chi connectivity index (χ2n) is 3.87. The van der Waals surface area contributed by atoms with E-state index in [4.69, 9.17) is 9.63 Å². The van der Waals surface area contributed by atoms with Crippen molar-refractivity contribution in [2.45, 2.75) is 11.9 Å². The minimum absolute atomic E-state index is 0.266. The minimum atomic E-state index is -0.746. The van der Waals surface area contributed by atoms with Gasteiger partial charge in [-0.2, -0.15) is 4.98 Å². The van der Waals surface area contributed by atoms with E-state index >= 15 is 0 Å². The smallest absolute Gasteiger partial charge is 0.236 e. The molecule has 1 atom stereocenters. The van der Waals surface area contributed by atoms with Crippen LogP contribution in [-0.4, -0.2) is 38.8 Å². The van der Waals surface area contributed by atoms with Gasteiger partial charge in [0.2, 0.25) is 11.7 Å². The van der Waals surface area contributed by atoms with Crippen LogP contribution in [0.25, 0.3) is 11.4 Å². The van der Waals surface area contributed by atoms with Crippen molar-refractivity contribution < 1.29 is 19.1 Å². The van der Waals surface area contributed by atoms with Crippen LogP contribution in [0, 0.1) is 5.82 Å². The van der Waals surface area contributed by atoms with Gasteiger partial charge in [0, 0.05) is 11.3 Å². The highest BCUT2D eigenvalue weighted by Crippen LogP contribution is 2.18. The van der Waals surface area contributed by atoms with E-state index in [2.05, 4.69) is 10.1 Å². The Bertz CT molecular complexity index is 518. The molecule has 2 rings (SSSR count). The number of hydrogen-bond acceptors (Lipinski definition) is 6. The van der Waals surface area contributed by atoms with Crippen molar-refractivity contribution in [1.82, 2.24) is 10.1 Å². The summed E-state index contributed by atoms with van der Waals surface area (Å²) in [6, 6.07) is 5.81. The number of hydrogen-bond donors (Lipinski definition) is 2. The third-order valence-corrected chi connectivity index (χ3v) is 3.39. The van der Waals surface area contributed by atoms with Crippen LogP contribution in [0.1, 0.15) is 5.89 Å². The second-order valence-corrected chi connectivity index (χ2v) is 4.90. The van der Waals surface area contributed by atoms with E-state index in [1.165, 1.54) is 23.9 Å². The first-order chi connectivity index (χ1) is 9.19. The molecule has 2 aromatic rings. The Balaban J connectivity index is 1.93. The first-order valence-corrected chi connectivity index (χ1v) is 6.79. The molecule has 0 saturated heterocycles. The maximum atomic E-state index is 12.8. The predicted molar refractivity (Wildman–Crippen MR) is 68.9 cm³/mol. The van der Waals surface area contributed by atoms with Gasteiger partial charge in [-0.05, 0) is 24.3 Å². The number of benzene rings is 1. The lowest BCUT2D eigenvalue weighted by Gasteiger charge is -2.03. The highest BCUT2D eigenvalue weighted by molar-refractivity contribution is 7.98. The molecule has 1 unspecified atom stereocenters. The Kier molecular flexibility index (Phi) is 4.89. The number of aliphatic hydroxyl groups excluding tert-OH is 2. The van der Waals surface area contributed by atoms with Crippen molar-refractivity contribution in [2.24, 2.45) is 0 Å². The molecular weight excluding hydrogens is 271 g/mol. The number of halogens is 1. The van der Waals surface area contributed by atoms with Gasteiger partial charge in [0.15, 0.2) is 0 Å². The van der Waals surface area contributed by atoms with Crippen molar-refractivity contribution in [3.05, 3.63) is 36.0 Å². The van der Waals surface area contributed by atoms with Crippen LogP contribution in [0.15, 0.2) is 28.8 Å². The molecule has 7 heteroatoms. The summed E-state index contributed by atoms with van der Waals surface area (Å²) in [4.78, 5) is 4.17. The molecule has 2 N–H and O–H groups in total. The summed E-state index contributed by atoms with van der Waals surface area (Å²) in [5.41, 5.74) is 0.678. The monoisotopic (exact) mass is 284 g/mol. The van der Waals surface area contributed by atoms with Gasteiger partial charge in [0.25, 0.3) is 0 Å². The quantitative estimate of drug-likeness (QED) is 0.836. The van der Waals surface area contributed by atoms with Gasteiger partial charge in [-0.1, -0.05) is 5.16 Å². The van der Waals surface area contributed by atoms with Crippen molar-refractivity contribution in [2.75, 3.05) is 12.4 Å². The zero-order valence-electron chi connectivity index (χ0n) is 9.99. The van der Waals surface area contributed by atoms with Gasteiger partial charge in [-0.25, -0.2) is 4.39 Å². The summed E-state index contributed by atoms with van der Waals surface area (Å²) in [5.74, 6) is 1.35. The average molecular weight is 284 g/mol. The van der Waals surface area contributed by atoms with Crippen molar-refractivity contribution in [1.29, 1.82) is 0 Å². The first kappa shape index (κ1) is 14.0. The lowest BCUT2D eigenvalue weighted by atomic mass is 10.2. The predicted octanol–water partition coefficient (Wildman–Crippen LogP) is 1.46. The largest absolute Gasteiger partial charge is 0.394 e. The number of aromatic nitrogens is 2. The Hall–Kier alpha value is -1.44. The molecule has 1 aromatic carbocycles. The van der Waals surface area contributed by atoms with Crippen LogP contribution < -0.4 is 0 Å². The highest BCUT2D eigenvalue weighted by atomic mass is 32.2. The fourth-order valence-corrected chi connectivity index (χ4v) is 2.15. The zero-order valence-corrected chi connectivity index (χ0v) is 10.8. The van der Waals surface area contributed by atoms with Crippen LogP contribution in [0.3, 0.4) is 0 Å². The Morgan fingerprint density at radius 3 is 2.74 bits per heavy atom. The van der Waals surface area contributed by atoms with E-state index in [1.54, 1.807) is 12.1 Å². The topological polar surface area (TPSA) is 79.4 Å². The lowest BCUT2D eigenvalue weighted by Crippen LogP contribution is -2.14. The number of thioether (sulfide) groups is 1. The van der Waals surface area contributed by atoms with Crippen LogP contribution in [0.2, 0.25) is 0 Å². The molecule has 0 aliphatic rings. The molecule has 0 aliphatic heterocycles. The van der Waals surface area contributed by atoms with Gasteiger partial charge in [0.1, 0.15) is 5.82 Å². The van der Waals surface area contributed by atoms with Crippen LogP contribution in [0.5, 0.6) is 0 Å². The Labute approximate surface area is 113 Å². The summed E-state index contributed by atoms with van der Waals surface area (Å²) in [6.07, 6.45) is -0.746. The lowest BCUT2D eigenvalue weighted by molar-refractivity contribution is 0.113. The third-order valence-electron chi connectivity index (χ3n) is 2.32. The summed E-state index contributed by atoms with van der Waals surface area (Å²) >= 11 is 1.38. The fourth-order valence-electron chi connectivity index (χ4n) is 1.36. The molecule has 1 aromatic heterocycles. The third kappa shape index (κ3) is 4.02. The van der Waals surface area contributed by atoms with E-state index in [9.17, 15) is 9.50 Å². The Morgan fingerprint density at radius 1 is 1.32 bits per heavy atom. The van der Waals surface area contributed by atoms with Gasteiger partial charge >= 0.3 is 0 Å². The highest BCUT2D eigenvalue weighted by Gasteiger charge is 2.10. The van der Waals surface area contributed by atoms with Crippen molar-refractivity contribution >= 4 is 11.8 Å². The van der Waals surface area contributed by atoms with E-state index in [-0.39, 0.29) is 12.4 Å². The SMILES string of the molecule is OCC(O)CSCc1nc(-c2ccc(F)cc2)no1. The standard InChI is InChI=1S/C12H13FN2O3S/c13-9-3-1-8(2-4-9)12-14-11(18-15-12)7-19-6-10(17)5-16/h1-4,10,16-17H,5-7H2. The van der Waals surface area contributed by atoms with Gasteiger partial charge in [0.05, 0.1) is 18.5 Å². The molecule has 0 amide bonds. The summed E-state index contributed by atoms with van der Waals surface area (Å²) in [5, 5.41) is 21.6. The fraction of sp³-hybridized carbons (Fsp3) is 0.333. The number of rotatable bonds is 6. The zero-order chi connectivity index (χ0) is 13.7. The van der Waals surface area contributed by atoms with Gasteiger partial charge < -0.3 is 14.7 Å². The minimum Gasteiger partial charge on any atom is -0.394 e. The first-order valence-electron chi connectivity index (χ1n) is 5.64. The molecular formula is C12H13FN2O3S. The van der Waals surface area contributed by atoms with E-state index in [0.29, 0.717) is 28.8 Å². The molecule has 102 valence electrons. The Morgan fingerprint density at radius 2 is 2.05 bits per heavy atom. The molecule has 5 nitrogen and oxygen atoms in total. The van der Waals surface area contributed by atoms with E-state index < -0.39 is 6.10 Å². The van der Waals surface area contributed by atoms with Crippen LogP contribution >= 0.6 is 11.8 Å². The molecule has 0 radical (unpaired) electrons. The van der Waals surface area contributed by atoms with Crippen molar-refractivity contribution in [3.8, 4) is 11.4 Å². The van der Waals surface area contributed by atoms with Gasteiger partial charge in [-0.15, -0.1) is 11.8 Å².